The summed E-state index contributed by atoms with van der Waals surface area (Å²) in [6.07, 6.45) is 0.713. The molecule has 4 heteroatoms. The van der Waals surface area contributed by atoms with E-state index in [-0.39, 0.29) is 24.2 Å². The van der Waals surface area contributed by atoms with Gasteiger partial charge in [-0.25, -0.2) is 8.78 Å². The quantitative estimate of drug-likeness (QED) is 0.729. The van der Waals surface area contributed by atoms with Crippen molar-refractivity contribution >= 4 is 5.97 Å². The van der Waals surface area contributed by atoms with Crippen molar-refractivity contribution in [3.63, 3.8) is 0 Å². The molecule has 0 aliphatic rings. The number of carbonyl (C=O) groups excluding carboxylic acids is 1. The summed E-state index contributed by atoms with van der Waals surface area (Å²) >= 11 is 0. The molecule has 0 radical (unpaired) electrons. The molecule has 0 N–H and O–H groups in total. The van der Waals surface area contributed by atoms with Gasteiger partial charge in [0, 0.05) is 6.07 Å². The number of ether oxygens (including phenoxy) is 1. The van der Waals surface area contributed by atoms with Gasteiger partial charge in [0.25, 0.3) is 0 Å². The highest BCUT2D eigenvalue weighted by molar-refractivity contribution is 5.70. The van der Waals surface area contributed by atoms with Crippen LogP contribution in [0.3, 0.4) is 0 Å². The van der Waals surface area contributed by atoms with Crippen molar-refractivity contribution in [1.82, 2.24) is 0 Å². The Balaban J connectivity index is 2.70. The maximum absolute atomic E-state index is 13.7. The lowest BCUT2D eigenvalue weighted by Gasteiger charge is -2.16. The predicted molar refractivity (Wildman–Crippen MR) is 69.8 cm³/mol. The highest BCUT2D eigenvalue weighted by Gasteiger charge is 2.19. The first-order valence-electron chi connectivity index (χ1n) is 6.54. The molecule has 0 fully saturated rings. The first-order chi connectivity index (χ1) is 8.93. The van der Waals surface area contributed by atoms with Crippen molar-refractivity contribution in [2.24, 2.45) is 5.92 Å². The maximum Gasteiger partial charge on any atom is 0.306 e. The number of esters is 1. The van der Waals surface area contributed by atoms with Crippen molar-refractivity contribution < 1.29 is 18.3 Å². The Labute approximate surface area is 112 Å². The minimum Gasteiger partial charge on any atom is -0.465 e. The van der Waals surface area contributed by atoms with Crippen molar-refractivity contribution in [3.8, 4) is 0 Å². The van der Waals surface area contributed by atoms with Crippen LogP contribution in [0.2, 0.25) is 0 Å². The lowest BCUT2D eigenvalue weighted by Crippen LogP contribution is -2.14. The molecule has 106 valence electrons. The summed E-state index contributed by atoms with van der Waals surface area (Å²) < 4.78 is 31.6. The Bertz CT molecular complexity index is 430. The molecule has 0 amide bonds. The van der Waals surface area contributed by atoms with Gasteiger partial charge >= 0.3 is 5.97 Å². The molecule has 1 aromatic rings. The van der Waals surface area contributed by atoms with Gasteiger partial charge in [0.05, 0.1) is 13.0 Å². The summed E-state index contributed by atoms with van der Waals surface area (Å²) in [6, 6.07) is 3.45. The standard InChI is InChI=1S/C15H20F2O2/c1-4-11(7-15(18)19-9-10(2)3)13-6-5-12(16)8-14(13)17/h5-6,8,10-11H,4,7,9H2,1-3H3. The van der Waals surface area contributed by atoms with E-state index in [4.69, 9.17) is 4.74 Å². The molecular formula is C15H20F2O2. The smallest absolute Gasteiger partial charge is 0.306 e. The number of rotatable bonds is 6. The third-order valence-corrected chi connectivity index (χ3v) is 2.89. The molecule has 1 unspecified atom stereocenters. The molecule has 0 spiro atoms. The Morgan fingerprint density at radius 3 is 2.53 bits per heavy atom. The van der Waals surface area contributed by atoms with Crippen LogP contribution in [-0.2, 0) is 9.53 Å². The molecular weight excluding hydrogens is 250 g/mol. The normalized spacial score (nSPS) is 12.5. The zero-order valence-corrected chi connectivity index (χ0v) is 11.6. The Morgan fingerprint density at radius 2 is 2.00 bits per heavy atom. The van der Waals surface area contributed by atoms with Crippen LogP contribution in [0.1, 0.15) is 45.1 Å². The van der Waals surface area contributed by atoms with Gasteiger partial charge in [0.1, 0.15) is 11.6 Å². The largest absolute Gasteiger partial charge is 0.465 e. The summed E-state index contributed by atoms with van der Waals surface area (Å²) in [5.74, 6) is -1.57. The van der Waals surface area contributed by atoms with Crippen LogP contribution < -0.4 is 0 Å². The van der Waals surface area contributed by atoms with Gasteiger partial charge in [0.2, 0.25) is 0 Å². The van der Waals surface area contributed by atoms with Crippen LogP contribution in [0.15, 0.2) is 18.2 Å². The molecule has 0 saturated carbocycles. The summed E-state index contributed by atoms with van der Waals surface area (Å²) in [5.41, 5.74) is 0.366. The monoisotopic (exact) mass is 270 g/mol. The van der Waals surface area contributed by atoms with Gasteiger partial charge in [-0.05, 0) is 29.9 Å². The van der Waals surface area contributed by atoms with E-state index in [1.807, 2.05) is 20.8 Å². The second-order valence-electron chi connectivity index (χ2n) is 5.05. The minimum atomic E-state index is -0.613. The van der Waals surface area contributed by atoms with Gasteiger partial charge in [-0.15, -0.1) is 0 Å². The maximum atomic E-state index is 13.7. The zero-order chi connectivity index (χ0) is 14.4. The van der Waals surface area contributed by atoms with E-state index >= 15 is 0 Å². The predicted octanol–water partition coefficient (Wildman–Crippen LogP) is 4.05. The van der Waals surface area contributed by atoms with E-state index in [9.17, 15) is 13.6 Å². The molecule has 2 nitrogen and oxygen atoms in total. The van der Waals surface area contributed by atoms with E-state index in [1.165, 1.54) is 12.1 Å². The lowest BCUT2D eigenvalue weighted by molar-refractivity contribution is -0.145. The fraction of sp³-hybridized carbons (Fsp3) is 0.533. The number of carbonyl (C=O) groups is 1. The molecule has 1 aromatic carbocycles. The van der Waals surface area contributed by atoms with Crippen LogP contribution in [0.4, 0.5) is 8.78 Å². The van der Waals surface area contributed by atoms with Crippen LogP contribution in [0.25, 0.3) is 0 Å². The topological polar surface area (TPSA) is 26.3 Å². The summed E-state index contributed by atoms with van der Waals surface area (Å²) in [4.78, 5) is 11.6. The molecule has 0 aliphatic heterocycles. The van der Waals surface area contributed by atoms with E-state index in [1.54, 1.807) is 0 Å². The van der Waals surface area contributed by atoms with E-state index in [0.29, 0.717) is 18.6 Å². The van der Waals surface area contributed by atoms with Crippen LogP contribution in [0.5, 0.6) is 0 Å². The molecule has 0 bridgehead atoms. The third kappa shape index (κ3) is 4.97. The second-order valence-corrected chi connectivity index (χ2v) is 5.05. The Kier molecular flexibility index (Phi) is 5.93. The highest BCUT2D eigenvalue weighted by atomic mass is 19.1. The lowest BCUT2D eigenvalue weighted by atomic mass is 9.93. The fourth-order valence-electron chi connectivity index (χ4n) is 1.83. The first-order valence-corrected chi connectivity index (χ1v) is 6.54. The molecule has 0 heterocycles. The molecule has 1 atom stereocenters. The average molecular weight is 270 g/mol. The Hall–Kier alpha value is -1.45. The zero-order valence-electron chi connectivity index (χ0n) is 11.6. The molecule has 0 aliphatic carbocycles. The van der Waals surface area contributed by atoms with Gasteiger partial charge in [-0.3, -0.25) is 4.79 Å². The molecule has 1 rings (SSSR count). The van der Waals surface area contributed by atoms with Crippen LogP contribution in [-0.4, -0.2) is 12.6 Å². The van der Waals surface area contributed by atoms with Crippen LogP contribution in [0, 0.1) is 17.6 Å². The van der Waals surface area contributed by atoms with Crippen molar-refractivity contribution in [1.29, 1.82) is 0 Å². The van der Waals surface area contributed by atoms with Crippen molar-refractivity contribution in [2.75, 3.05) is 6.61 Å². The fourth-order valence-corrected chi connectivity index (χ4v) is 1.83. The highest BCUT2D eigenvalue weighted by Crippen LogP contribution is 2.26. The van der Waals surface area contributed by atoms with Gasteiger partial charge < -0.3 is 4.74 Å². The second kappa shape index (κ2) is 7.22. The van der Waals surface area contributed by atoms with Gasteiger partial charge in [-0.1, -0.05) is 26.8 Å². The molecule has 19 heavy (non-hydrogen) atoms. The van der Waals surface area contributed by atoms with Gasteiger partial charge in [-0.2, -0.15) is 0 Å². The summed E-state index contributed by atoms with van der Waals surface area (Å²) in [7, 11) is 0. The first kappa shape index (κ1) is 15.6. The van der Waals surface area contributed by atoms with E-state index in [0.717, 1.165) is 6.07 Å². The summed E-state index contributed by atoms with van der Waals surface area (Å²) in [5, 5.41) is 0. The number of halogens is 2. The van der Waals surface area contributed by atoms with Crippen molar-refractivity contribution in [2.45, 2.75) is 39.5 Å². The van der Waals surface area contributed by atoms with Gasteiger partial charge in [0.15, 0.2) is 0 Å². The van der Waals surface area contributed by atoms with Crippen LogP contribution >= 0.6 is 0 Å². The van der Waals surface area contributed by atoms with Crippen molar-refractivity contribution in [3.05, 3.63) is 35.4 Å². The number of hydrogen-bond donors (Lipinski definition) is 0. The molecule has 0 aromatic heterocycles. The SMILES string of the molecule is CCC(CC(=O)OCC(C)C)c1ccc(F)cc1F. The Morgan fingerprint density at radius 1 is 1.32 bits per heavy atom. The number of benzene rings is 1. The summed E-state index contributed by atoms with van der Waals surface area (Å²) in [6.45, 7) is 6.12. The minimum absolute atomic E-state index is 0.117. The number of hydrogen-bond acceptors (Lipinski definition) is 2. The molecule has 0 saturated heterocycles. The van der Waals surface area contributed by atoms with E-state index in [2.05, 4.69) is 0 Å². The third-order valence-electron chi connectivity index (χ3n) is 2.89. The van der Waals surface area contributed by atoms with E-state index < -0.39 is 11.6 Å². The average Bonchev–Trinajstić information content (AvgIpc) is 2.34.